The van der Waals surface area contributed by atoms with Crippen molar-refractivity contribution in [3.63, 3.8) is 0 Å². The Bertz CT molecular complexity index is 1110. The van der Waals surface area contributed by atoms with Crippen LogP contribution >= 0.6 is 23.1 Å². The molecule has 0 unspecified atom stereocenters. The van der Waals surface area contributed by atoms with E-state index in [1.54, 1.807) is 23.1 Å². The van der Waals surface area contributed by atoms with E-state index in [2.05, 4.69) is 30.5 Å². The Kier molecular flexibility index (Phi) is 7.43. The van der Waals surface area contributed by atoms with Crippen molar-refractivity contribution in [1.29, 1.82) is 0 Å². The molecule has 34 heavy (non-hydrogen) atoms. The maximum Gasteiger partial charge on any atom is 0.253 e. The molecule has 0 bridgehead atoms. The van der Waals surface area contributed by atoms with E-state index >= 15 is 0 Å². The van der Waals surface area contributed by atoms with Crippen LogP contribution in [0.1, 0.15) is 16.8 Å². The van der Waals surface area contributed by atoms with Gasteiger partial charge in [-0.2, -0.15) is 0 Å². The van der Waals surface area contributed by atoms with Crippen molar-refractivity contribution in [2.75, 3.05) is 69.4 Å². The number of nitrogens with zero attached hydrogens (tertiary/aromatic N) is 5. The average molecular weight is 500 g/mol. The van der Waals surface area contributed by atoms with Crippen molar-refractivity contribution in [1.82, 2.24) is 24.8 Å². The van der Waals surface area contributed by atoms with E-state index in [0.29, 0.717) is 12.0 Å². The minimum atomic E-state index is 0.105. The number of hydrogen-bond acceptors (Lipinski definition) is 10. The third-order valence-corrected chi connectivity index (χ3v) is 7.81. The summed E-state index contributed by atoms with van der Waals surface area (Å²) in [5, 5.41) is 7.50. The lowest BCUT2D eigenvalue weighted by Crippen LogP contribution is -2.57. The second-order valence-electron chi connectivity index (χ2n) is 8.37. The number of ether oxygens (including phenoxy) is 1. The zero-order valence-electron chi connectivity index (χ0n) is 19.2. The molecule has 0 atom stereocenters. The van der Waals surface area contributed by atoms with E-state index in [9.17, 15) is 4.79 Å². The van der Waals surface area contributed by atoms with Gasteiger partial charge in [-0.25, -0.2) is 15.0 Å². The number of aromatic nitrogens is 3. The monoisotopic (exact) mass is 499 g/mol. The largest absolute Gasteiger partial charge is 0.378 e. The minimum absolute atomic E-state index is 0.105. The third kappa shape index (κ3) is 5.43. The summed E-state index contributed by atoms with van der Waals surface area (Å²) in [5.41, 5.74) is 1.65. The Morgan fingerprint density at radius 2 is 1.91 bits per heavy atom. The highest BCUT2D eigenvalue weighted by Crippen LogP contribution is 2.27. The summed E-state index contributed by atoms with van der Waals surface area (Å²) >= 11 is 3.21. The molecule has 2 N–H and O–H groups in total. The molecule has 4 heterocycles. The van der Waals surface area contributed by atoms with E-state index in [1.165, 1.54) is 0 Å². The first-order valence-corrected chi connectivity index (χ1v) is 13.6. The van der Waals surface area contributed by atoms with Crippen molar-refractivity contribution in [2.45, 2.75) is 17.4 Å². The van der Waals surface area contributed by atoms with Crippen molar-refractivity contribution >= 4 is 50.3 Å². The van der Waals surface area contributed by atoms with Crippen LogP contribution in [-0.2, 0) is 4.74 Å². The molecule has 1 amide bonds. The van der Waals surface area contributed by atoms with Gasteiger partial charge in [0.1, 0.15) is 0 Å². The van der Waals surface area contributed by atoms with Gasteiger partial charge in [0.2, 0.25) is 5.95 Å². The number of rotatable bonds is 9. The molecule has 0 aliphatic carbocycles. The second-order valence-corrected chi connectivity index (χ2v) is 10.3. The van der Waals surface area contributed by atoms with Crippen LogP contribution in [0.5, 0.6) is 0 Å². The number of fused-ring (bicyclic) bond motifs is 1. The number of carbonyl (C=O) groups excluding carboxylic acids is 1. The number of amides is 1. The molecule has 180 valence electrons. The molecule has 3 aromatic rings. The summed E-state index contributed by atoms with van der Waals surface area (Å²) in [6.45, 7) is 6.58. The molecule has 0 spiro atoms. The van der Waals surface area contributed by atoms with Crippen molar-refractivity contribution in [3.8, 4) is 0 Å². The number of benzene rings is 1. The van der Waals surface area contributed by atoms with Crippen LogP contribution in [0.4, 0.5) is 11.1 Å². The lowest BCUT2D eigenvalue weighted by Gasteiger charge is -2.42. The van der Waals surface area contributed by atoms with Crippen molar-refractivity contribution in [2.24, 2.45) is 0 Å². The van der Waals surface area contributed by atoms with Crippen molar-refractivity contribution in [3.05, 3.63) is 36.2 Å². The summed E-state index contributed by atoms with van der Waals surface area (Å²) in [6, 6.07) is 6.35. The lowest BCUT2D eigenvalue weighted by molar-refractivity contribution is -0.0746. The van der Waals surface area contributed by atoms with Crippen LogP contribution in [0.25, 0.3) is 10.2 Å². The van der Waals surface area contributed by atoms with Crippen LogP contribution < -0.4 is 10.6 Å². The number of thiazole rings is 1. The molecule has 9 nitrogen and oxygen atoms in total. The molecule has 0 saturated carbocycles. The van der Waals surface area contributed by atoms with E-state index in [1.807, 2.05) is 41.7 Å². The van der Waals surface area contributed by atoms with Crippen molar-refractivity contribution < 1.29 is 9.53 Å². The highest BCUT2D eigenvalue weighted by atomic mass is 32.2. The van der Waals surface area contributed by atoms with Gasteiger partial charge >= 0.3 is 0 Å². The maximum absolute atomic E-state index is 13.0. The number of anilines is 2. The highest BCUT2D eigenvalue weighted by Gasteiger charge is 2.30. The summed E-state index contributed by atoms with van der Waals surface area (Å²) in [5.74, 6) is 0.752. The Labute approximate surface area is 207 Å². The molecular weight excluding hydrogens is 470 g/mol. The van der Waals surface area contributed by atoms with Gasteiger partial charge in [-0.3, -0.25) is 9.69 Å². The molecule has 5 rings (SSSR count). The molecule has 11 heteroatoms. The summed E-state index contributed by atoms with van der Waals surface area (Å²) < 4.78 is 6.32. The summed E-state index contributed by atoms with van der Waals surface area (Å²) in [4.78, 5) is 31.7. The van der Waals surface area contributed by atoms with E-state index in [0.717, 1.165) is 84.7 Å². The first-order valence-electron chi connectivity index (χ1n) is 11.5. The van der Waals surface area contributed by atoms with Gasteiger partial charge in [-0.15, -0.1) is 11.8 Å². The first-order chi connectivity index (χ1) is 16.7. The SMILES string of the molecule is CSc1cnc(NCCCNc2nc3ccc(C(=O)N4CCN(C5COC5)CC4)cc3s2)nc1. The van der Waals surface area contributed by atoms with E-state index in [4.69, 9.17) is 4.74 Å². The van der Waals surface area contributed by atoms with Gasteiger partial charge in [0, 0.05) is 62.1 Å². The van der Waals surface area contributed by atoms with Gasteiger partial charge in [-0.1, -0.05) is 11.3 Å². The zero-order chi connectivity index (χ0) is 23.3. The normalized spacial score (nSPS) is 17.0. The highest BCUT2D eigenvalue weighted by molar-refractivity contribution is 7.98. The Balaban J connectivity index is 1.10. The second kappa shape index (κ2) is 10.9. The maximum atomic E-state index is 13.0. The molecule has 2 aromatic heterocycles. The molecule has 2 aliphatic heterocycles. The number of piperazine rings is 1. The van der Waals surface area contributed by atoms with Crippen LogP contribution in [-0.4, -0.2) is 95.4 Å². The van der Waals surface area contributed by atoms with Gasteiger partial charge in [0.15, 0.2) is 5.13 Å². The van der Waals surface area contributed by atoms with Gasteiger partial charge in [-0.05, 0) is 30.9 Å². The number of thioether (sulfide) groups is 1. The standard InChI is InChI=1S/C23H29N7O2S2/c1-33-18-12-26-22(27-13-18)24-5-2-6-25-23-28-19-4-3-16(11-20(19)34-23)21(31)30-9-7-29(8-10-30)17-14-32-15-17/h3-4,11-13,17H,2,5-10,14-15H2,1H3,(H,25,28)(H,24,26,27). The van der Waals surface area contributed by atoms with Crippen LogP contribution in [0.15, 0.2) is 35.5 Å². The topological polar surface area (TPSA) is 95.5 Å². The predicted molar refractivity (Wildman–Crippen MR) is 137 cm³/mol. The van der Waals surface area contributed by atoms with E-state index in [-0.39, 0.29) is 5.91 Å². The van der Waals surface area contributed by atoms with Crippen LogP contribution in [0.2, 0.25) is 0 Å². The fourth-order valence-corrected chi connectivity index (χ4v) is 5.28. The molecule has 2 aliphatic rings. The molecule has 2 saturated heterocycles. The quantitative estimate of drug-likeness (QED) is 0.340. The third-order valence-electron chi connectivity index (χ3n) is 6.15. The van der Waals surface area contributed by atoms with Gasteiger partial charge < -0.3 is 20.3 Å². The zero-order valence-corrected chi connectivity index (χ0v) is 20.8. The Morgan fingerprint density at radius 1 is 1.15 bits per heavy atom. The minimum Gasteiger partial charge on any atom is -0.378 e. The van der Waals surface area contributed by atoms with E-state index < -0.39 is 0 Å². The number of hydrogen-bond donors (Lipinski definition) is 2. The predicted octanol–water partition coefficient (Wildman–Crippen LogP) is 2.88. The lowest BCUT2D eigenvalue weighted by atomic mass is 10.1. The summed E-state index contributed by atoms with van der Waals surface area (Å²) in [6.07, 6.45) is 6.56. The molecule has 0 radical (unpaired) electrons. The first kappa shape index (κ1) is 23.3. The Hall–Kier alpha value is -2.47. The fraction of sp³-hybridized carbons (Fsp3) is 0.478. The molecular formula is C23H29N7O2S2. The fourth-order valence-electron chi connectivity index (χ4n) is 4.04. The smallest absolute Gasteiger partial charge is 0.253 e. The van der Waals surface area contributed by atoms with Crippen LogP contribution in [0.3, 0.4) is 0 Å². The van der Waals surface area contributed by atoms with Gasteiger partial charge in [0.25, 0.3) is 5.91 Å². The van der Waals surface area contributed by atoms with Gasteiger partial charge in [0.05, 0.1) is 29.5 Å². The molecule has 1 aromatic carbocycles. The number of carbonyl (C=O) groups is 1. The average Bonchev–Trinajstić information content (AvgIpc) is 3.25. The number of nitrogens with one attached hydrogen (secondary N) is 2. The Morgan fingerprint density at radius 3 is 2.62 bits per heavy atom. The van der Waals surface area contributed by atoms with Crippen LogP contribution in [0, 0.1) is 0 Å². The summed E-state index contributed by atoms with van der Waals surface area (Å²) in [7, 11) is 0. The molecule has 2 fully saturated rings.